The third kappa shape index (κ3) is 3.13. The summed E-state index contributed by atoms with van der Waals surface area (Å²) in [5, 5.41) is 3.46. The Kier molecular flexibility index (Phi) is 4.44. The maximum atomic E-state index is 14.1. The fourth-order valence-corrected chi connectivity index (χ4v) is 2.54. The highest BCUT2D eigenvalue weighted by Gasteiger charge is 2.22. The van der Waals surface area contributed by atoms with Gasteiger partial charge in [-0.15, -0.1) is 0 Å². The van der Waals surface area contributed by atoms with E-state index in [0.29, 0.717) is 16.7 Å². The van der Waals surface area contributed by atoms with Crippen LogP contribution in [0.2, 0.25) is 0 Å². The van der Waals surface area contributed by atoms with Crippen LogP contribution in [0.5, 0.6) is 0 Å². The molecule has 118 valence electrons. The van der Waals surface area contributed by atoms with Crippen molar-refractivity contribution < 1.29 is 18.4 Å². The normalized spacial score (nSPS) is 10.7. The van der Waals surface area contributed by atoms with E-state index in [1.807, 2.05) is 22.6 Å². The number of hydrogen-bond donors (Lipinski definition) is 2. The minimum atomic E-state index is -0.586. The number of hydrogen-bond acceptors (Lipinski definition) is 5. The van der Waals surface area contributed by atoms with Crippen molar-refractivity contribution in [3.63, 3.8) is 0 Å². The molecule has 0 aliphatic rings. The van der Waals surface area contributed by atoms with Crippen molar-refractivity contribution in [1.29, 1.82) is 0 Å². The third-order valence-corrected chi connectivity index (χ3v) is 3.75. The molecule has 1 amide bonds. The number of amides is 1. The second-order valence-corrected chi connectivity index (χ2v) is 5.81. The van der Waals surface area contributed by atoms with Crippen LogP contribution in [0.3, 0.4) is 0 Å². The summed E-state index contributed by atoms with van der Waals surface area (Å²) in [4.78, 5) is 20.7. The van der Waals surface area contributed by atoms with E-state index in [1.165, 1.54) is 19.4 Å². The van der Waals surface area contributed by atoms with E-state index >= 15 is 0 Å². The summed E-state index contributed by atoms with van der Waals surface area (Å²) in [5.41, 5.74) is 3.19. The standard InChI is InChI=1S/C15H11FIN3O3/c1-22-20-15(21)14-13(9-7-18-5-4-12(9)23-14)19-11-3-2-8(17)6-10(11)16/h2-7,19H,1H3,(H,20,21). The number of pyridine rings is 1. The monoisotopic (exact) mass is 427 g/mol. The van der Waals surface area contributed by atoms with Gasteiger partial charge in [-0.05, 0) is 46.9 Å². The van der Waals surface area contributed by atoms with Gasteiger partial charge in [-0.1, -0.05) is 0 Å². The fraction of sp³-hybridized carbons (Fsp3) is 0.0667. The zero-order valence-corrected chi connectivity index (χ0v) is 14.0. The van der Waals surface area contributed by atoms with E-state index in [9.17, 15) is 9.18 Å². The van der Waals surface area contributed by atoms with Gasteiger partial charge in [-0.25, -0.2) is 9.87 Å². The van der Waals surface area contributed by atoms with Crippen LogP contribution in [-0.4, -0.2) is 18.0 Å². The van der Waals surface area contributed by atoms with E-state index < -0.39 is 11.7 Å². The Morgan fingerprint density at radius 3 is 2.96 bits per heavy atom. The molecule has 0 aliphatic heterocycles. The maximum absolute atomic E-state index is 14.1. The van der Waals surface area contributed by atoms with Crippen LogP contribution in [0.15, 0.2) is 41.1 Å². The Hall–Kier alpha value is -2.20. The summed E-state index contributed by atoms with van der Waals surface area (Å²) in [6.07, 6.45) is 3.08. The number of carbonyl (C=O) groups excluding carboxylic acids is 1. The van der Waals surface area contributed by atoms with Gasteiger partial charge in [0.05, 0.1) is 18.2 Å². The topological polar surface area (TPSA) is 76.4 Å². The van der Waals surface area contributed by atoms with Gasteiger partial charge in [0.1, 0.15) is 17.1 Å². The molecule has 0 radical (unpaired) electrons. The van der Waals surface area contributed by atoms with E-state index in [4.69, 9.17) is 4.42 Å². The molecule has 6 nitrogen and oxygen atoms in total. The average Bonchev–Trinajstić information content (AvgIpc) is 2.89. The lowest BCUT2D eigenvalue weighted by Gasteiger charge is -2.08. The molecule has 23 heavy (non-hydrogen) atoms. The molecule has 0 saturated heterocycles. The number of carbonyl (C=O) groups is 1. The summed E-state index contributed by atoms with van der Waals surface area (Å²) in [5.74, 6) is -1.04. The molecule has 0 aliphatic carbocycles. The summed E-state index contributed by atoms with van der Waals surface area (Å²) < 4.78 is 20.4. The molecular weight excluding hydrogens is 416 g/mol. The lowest BCUT2D eigenvalue weighted by atomic mass is 10.2. The molecule has 0 saturated carbocycles. The minimum Gasteiger partial charge on any atom is -0.448 e. The molecule has 3 rings (SSSR count). The molecule has 2 N–H and O–H groups in total. The molecule has 8 heteroatoms. The zero-order valence-electron chi connectivity index (χ0n) is 11.9. The lowest BCUT2D eigenvalue weighted by Crippen LogP contribution is -2.22. The van der Waals surface area contributed by atoms with Crippen molar-refractivity contribution in [3.05, 3.63) is 51.8 Å². The molecule has 2 heterocycles. The molecule has 0 atom stereocenters. The van der Waals surface area contributed by atoms with Crippen molar-refractivity contribution in [2.45, 2.75) is 0 Å². The van der Waals surface area contributed by atoms with Gasteiger partial charge in [0, 0.05) is 16.0 Å². The van der Waals surface area contributed by atoms with Gasteiger partial charge in [0.2, 0.25) is 5.76 Å². The van der Waals surface area contributed by atoms with Gasteiger partial charge >= 0.3 is 5.91 Å². The number of fused-ring (bicyclic) bond motifs is 1. The van der Waals surface area contributed by atoms with Crippen LogP contribution < -0.4 is 10.8 Å². The summed E-state index contributed by atoms with van der Waals surface area (Å²) >= 11 is 2.02. The first-order valence-electron chi connectivity index (χ1n) is 6.52. The number of furan rings is 1. The van der Waals surface area contributed by atoms with Gasteiger partial charge in [-0.2, -0.15) is 0 Å². The highest BCUT2D eigenvalue weighted by molar-refractivity contribution is 14.1. The number of rotatable bonds is 4. The first-order chi connectivity index (χ1) is 11.1. The number of benzene rings is 1. The summed E-state index contributed by atoms with van der Waals surface area (Å²) in [6, 6.07) is 6.35. The molecule has 2 aromatic heterocycles. The van der Waals surface area contributed by atoms with Crippen molar-refractivity contribution in [2.24, 2.45) is 0 Å². The van der Waals surface area contributed by atoms with Gasteiger partial charge in [0.15, 0.2) is 0 Å². The van der Waals surface area contributed by atoms with E-state index in [-0.39, 0.29) is 11.4 Å². The number of aromatic nitrogens is 1. The van der Waals surface area contributed by atoms with Gasteiger partial charge in [-0.3, -0.25) is 14.6 Å². The number of nitrogens with zero attached hydrogens (tertiary/aromatic N) is 1. The molecule has 1 aromatic carbocycles. The summed E-state index contributed by atoms with van der Waals surface area (Å²) in [7, 11) is 1.31. The predicted octanol–water partition coefficient (Wildman–Crippen LogP) is 3.61. The first kappa shape index (κ1) is 15.7. The highest BCUT2D eigenvalue weighted by Crippen LogP contribution is 2.33. The molecule has 0 bridgehead atoms. The van der Waals surface area contributed by atoms with Crippen LogP contribution in [0.4, 0.5) is 15.8 Å². The Morgan fingerprint density at radius 2 is 2.22 bits per heavy atom. The van der Waals surface area contributed by atoms with E-state index in [1.54, 1.807) is 24.4 Å². The number of halogens is 2. The van der Waals surface area contributed by atoms with Crippen LogP contribution >= 0.6 is 22.6 Å². The van der Waals surface area contributed by atoms with Crippen molar-refractivity contribution in [1.82, 2.24) is 10.5 Å². The average molecular weight is 427 g/mol. The van der Waals surface area contributed by atoms with Gasteiger partial charge in [0.25, 0.3) is 0 Å². The van der Waals surface area contributed by atoms with Crippen LogP contribution in [0.1, 0.15) is 10.6 Å². The van der Waals surface area contributed by atoms with Crippen molar-refractivity contribution >= 4 is 50.8 Å². The van der Waals surface area contributed by atoms with Crippen LogP contribution in [-0.2, 0) is 4.84 Å². The SMILES string of the molecule is CONC(=O)c1oc2ccncc2c1Nc1ccc(I)cc1F. The molecule has 3 aromatic rings. The molecular formula is C15H11FIN3O3. The second kappa shape index (κ2) is 6.50. The quantitative estimate of drug-likeness (QED) is 0.492. The Balaban J connectivity index is 2.10. The van der Waals surface area contributed by atoms with Crippen molar-refractivity contribution in [2.75, 3.05) is 12.4 Å². The Bertz CT molecular complexity index is 882. The molecule has 0 unspecified atom stereocenters. The first-order valence-corrected chi connectivity index (χ1v) is 7.60. The maximum Gasteiger partial charge on any atom is 0.312 e. The number of hydroxylamine groups is 1. The number of nitrogens with one attached hydrogen (secondary N) is 2. The Morgan fingerprint density at radius 1 is 1.39 bits per heavy atom. The van der Waals surface area contributed by atoms with Crippen LogP contribution in [0.25, 0.3) is 11.0 Å². The van der Waals surface area contributed by atoms with E-state index in [2.05, 4.69) is 20.6 Å². The molecule has 0 fully saturated rings. The van der Waals surface area contributed by atoms with Crippen LogP contribution in [0, 0.1) is 9.39 Å². The second-order valence-electron chi connectivity index (χ2n) is 4.56. The largest absolute Gasteiger partial charge is 0.448 e. The minimum absolute atomic E-state index is 0.0206. The predicted molar refractivity (Wildman–Crippen MR) is 90.9 cm³/mol. The lowest BCUT2D eigenvalue weighted by molar-refractivity contribution is 0.0513. The van der Waals surface area contributed by atoms with Crippen molar-refractivity contribution in [3.8, 4) is 0 Å². The Labute approximate surface area is 144 Å². The number of anilines is 2. The molecule has 0 spiro atoms. The third-order valence-electron chi connectivity index (χ3n) is 3.08. The smallest absolute Gasteiger partial charge is 0.312 e. The van der Waals surface area contributed by atoms with E-state index in [0.717, 1.165) is 3.57 Å². The zero-order chi connectivity index (χ0) is 16.4. The highest BCUT2D eigenvalue weighted by atomic mass is 127. The van der Waals surface area contributed by atoms with Gasteiger partial charge < -0.3 is 9.73 Å². The fourth-order valence-electron chi connectivity index (χ4n) is 2.09. The summed E-state index contributed by atoms with van der Waals surface area (Å²) in [6.45, 7) is 0.